The zero-order valence-corrected chi connectivity index (χ0v) is 23.8. The van der Waals surface area contributed by atoms with E-state index in [-0.39, 0.29) is 28.9 Å². The van der Waals surface area contributed by atoms with E-state index in [0.29, 0.717) is 24.7 Å². The highest BCUT2D eigenvalue weighted by atomic mass is 16.7. The molecule has 1 unspecified atom stereocenters. The summed E-state index contributed by atoms with van der Waals surface area (Å²) in [7, 11) is -0.560. The molecular weight excluding hydrogens is 467 g/mol. The van der Waals surface area contributed by atoms with Crippen LogP contribution in [0.5, 0.6) is 0 Å². The molecule has 7 nitrogen and oxygen atoms in total. The molecule has 3 saturated carbocycles. The number of carbonyl (C=O) groups excluding carboxylic acids is 2. The van der Waals surface area contributed by atoms with E-state index in [1.54, 1.807) is 20.8 Å². The second-order valence-corrected chi connectivity index (χ2v) is 13.5. The monoisotopic (exact) mass is 512 g/mol. The zero-order valence-electron chi connectivity index (χ0n) is 23.8. The summed E-state index contributed by atoms with van der Waals surface area (Å²) < 4.78 is 18.7. The summed E-state index contributed by atoms with van der Waals surface area (Å²) >= 11 is 0. The predicted molar refractivity (Wildman–Crippen MR) is 145 cm³/mol. The summed E-state index contributed by atoms with van der Waals surface area (Å²) in [5.41, 5.74) is 0.311. The average Bonchev–Trinajstić information content (AvgIpc) is 3.14. The Bertz CT molecular complexity index is 978. The van der Waals surface area contributed by atoms with Crippen molar-refractivity contribution < 1.29 is 23.6 Å². The van der Waals surface area contributed by atoms with Crippen molar-refractivity contribution in [2.45, 2.75) is 110 Å². The zero-order chi connectivity index (χ0) is 27.2. The summed E-state index contributed by atoms with van der Waals surface area (Å²) in [6.45, 7) is 16.3. The molecule has 1 aliphatic heterocycles. The first-order valence-electron chi connectivity index (χ1n) is 13.9. The third-order valence-electron chi connectivity index (χ3n) is 8.64. The summed E-state index contributed by atoms with van der Waals surface area (Å²) in [6.07, 6.45) is 2.64. The molecular formula is C29H45BN2O5. The van der Waals surface area contributed by atoms with Crippen LogP contribution in [0, 0.1) is 23.2 Å². The van der Waals surface area contributed by atoms with E-state index in [1.807, 2.05) is 44.2 Å². The van der Waals surface area contributed by atoms with Crippen molar-refractivity contribution in [3.63, 3.8) is 0 Å². The number of hydrogen-bond donors (Lipinski definition) is 2. The Morgan fingerprint density at radius 3 is 2.38 bits per heavy atom. The van der Waals surface area contributed by atoms with Gasteiger partial charge in [-0.25, -0.2) is 4.79 Å². The summed E-state index contributed by atoms with van der Waals surface area (Å²) in [5, 5.41) is 5.99. The number of amides is 2. The fraction of sp³-hybridized carbons (Fsp3) is 0.724. The van der Waals surface area contributed by atoms with Crippen molar-refractivity contribution in [1.29, 1.82) is 0 Å². The molecule has 37 heavy (non-hydrogen) atoms. The Kier molecular flexibility index (Phi) is 7.75. The van der Waals surface area contributed by atoms with Crippen molar-refractivity contribution >= 4 is 19.1 Å². The Morgan fingerprint density at radius 2 is 1.78 bits per heavy atom. The first kappa shape index (κ1) is 28.0. The van der Waals surface area contributed by atoms with Gasteiger partial charge in [-0.2, -0.15) is 0 Å². The SMILES string of the molecule is CC(C)C[C@H](NC(=O)OC(C)(C)C)C(=O)N[C@@H](Cc1ccccc1)B1OC2C[C@@H]3C[C@@H](C3(C)C)[C@]2(C)O1. The molecule has 5 rings (SSSR count). The molecule has 3 aliphatic carbocycles. The van der Waals surface area contributed by atoms with Crippen LogP contribution >= 0.6 is 0 Å². The summed E-state index contributed by atoms with van der Waals surface area (Å²) in [4.78, 5) is 26.2. The first-order valence-corrected chi connectivity index (χ1v) is 13.9. The number of ether oxygens (including phenoxy) is 1. The topological polar surface area (TPSA) is 85.9 Å². The highest BCUT2D eigenvalue weighted by Gasteiger charge is 2.68. The normalized spacial score (nSPS) is 29.6. The van der Waals surface area contributed by atoms with E-state index in [1.165, 1.54) is 6.42 Å². The van der Waals surface area contributed by atoms with Gasteiger partial charge in [0.15, 0.2) is 0 Å². The van der Waals surface area contributed by atoms with Crippen LogP contribution in [0.25, 0.3) is 0 Å². The van der Waals surface area contributed by atoms with Gasteiger partial charge in [0.1, 0.15) is 11.6 Å². The molecule has 2 bridgehead atoms. The quantitative estimate of drug-likeness (QED) is 0.483. The Balaban J connectivity index is 1.52. The summed E-state index contributed by atoms with van der Waals surface area (Å²) in [5.74, 6) is 0.635. The van der Waals surface area contributed by atoms with Gasteiger partial charge < -0.3 is 24.7 Å². The molecule has 0 radical (unpaired) electrons. The van der Waals surface area contributed by atoms with Crippen LogP contribution < -0.4 is 10.6 Å². The highest BCUT2D eigenvalue weighted by molar-refractivity contribution is 6.48. The van der Waals surface area contributed by atoms with Crippen LogP contribution in [0.4, 0.5) is 4.79 Å². The molecule has 4 aliphatic rings. The highest BCUT2D eigenvalue weighted by Crippen LogP contribution is 2.65. The number of hydrogen-bond acceptors (Lipinski definition) is 5. The van der Waals surface area contributed by atoms with Gasteiger partial charge in [-0.1, -0.05) is 58.0 Å². The standard InChI is InChI=1S/C29H45BN2O5/c1-18(2)14-21(31-26(34)35-27(3,4)5)25(33)32-24(15-19-12-10-9-11-13-19)30-36-23-17-20-16-22(28(20,6)7)29(23,8)37-30/h9-13,18,20-24H,14-17H2,1-8H3,(H,31,34)(H,32,33)/t20-,21-,22-,23?,24-,29-/m0/s1. The maximum absolute atomic E-state index is 13.6. The number of benzene rings is 1. The minimum Gasteiger partial charge on any atom is -0.444 e. The molecule has 8 heteroatoms. The number of rotatable bonds is 8. The van der Waals surface area contributed by atoms with Crippen LogP contribution in [0.1, 0.15) is 80.2 Å². The molecule has 6 atom stereocenters. The fourth-order valence-electron chi connectivity index (χ4n) is 6.59. The van der Waals surface area contributed by atoms with Crippen molar-refractivity contribution in [3.8, 4) is 0 Å². The smallest absolute Gasteiger partial charge is 0.444 e. The lowest BCUT2D eigenvalue weighted by atomic mass is 9.43. The molecule has 0 aromatic heterocycles. The van der Waals surface area contributed by atoms with Gasteiger partial charge >= 0.3 is 13.2 Å². The lowest BCUT2D eigenvalue weighted by Gasteiger charge is -2.64. The van der Waals surface area contributed by atoms with Crippen molar-refractivity contribution in [1.82, 2.24) is 10.6 Å². The minimum absolute atomic E-state index is 0.0239. The maximum atomic E-state index is 13.6. The molecule has 1 heterocycles. The van der Waals surface area contributed by atoms with E-state index in [9.17, 15) is 9.59 Å². The summed E-state index contributed by atoms with van der Waals surface area (Å²) in [6, 6.07) is 9.34. The largest absolute Gasteiger partial charge is 0.482 e. The molecule has 204 valence electrons. The van der Waals surface area contributed by atoms with Crippen LogP contribution in [0.3, 0.4) is 0 Å². The van der Waals surface area contributed by atoms with Crippen molar-refractivity contribution in [3.05, 3.63) is 35.9 Å². The van der Waals surface area contributed by atoms with Crippen LogP contribution in [0.15, 0.2) is 30.3 Å². The van der Waals surface area contributed by atoms with Crippen molar-refractivity contribution in [2.24, 2.45) is 23.2 Å². The van der Waals surface area contributed by atoms with Crippen molar-refractivity contribution in [2.75, 3.05) is 0 Å². The third-order valence-corrected chi connectivity index (χ3v) is 8.64. The van der Waals surface area contributed by atoms with Gasteiger partial charge in [-0.3, -0.25) is 4.79 Å². The lowest BCUT2D eigenvalue weighted by Crippen LogP contribution is -2.65. The van der Waals surface area contributed by atoms with E-state index < -0.39 is 30.8 Å². The molecule has 2 amide bonds. The molecule has 4 fully saturated rings. The minimum atomic E-state index is -0.723. The first-order chi connectivity index (χ1) is 17.2. The van der Waals surface area contributed by atoms with Crippen LogP contribution in [0.2, 0.25) is 0 Å². The average molecular weight is 513 g/mol. The van der Waals surface area contributed by atoms with E-state index in [0.717, 1.165) is 12.0 Å². The van der Waals surface area contributed by atoms with E-state index in [2.05, 4.69) is 31.4 Å². The Labute approximate surface area is 222 Å². The maximum Gasteiger partial charge on any atom is 0.482 e. The fourth-order valence-corrected chi connectivity index (χ4v) is 6.59. The van der Waals surface area contributed by atoms with E-state index >= 15 is 0 Å². The van der Waals surface area contributed by atoms with Crippen LogP contribution in [-0.2, 0) is 25.3 Å². The van der Waals surface area contributed by atoms with Crippen LogP contribution in [-0.4, -0.2) is 48.4 Å². The predicted octanol–water partition coefficient (Wildman–Crippen LogP) is 4.92. The molecule has 1 aromatic carbocycles. The second kappa shape index (κ2) is 10.3. The number of nitrogens with one attached hydrogen (secondary N) is 2. The Morgan fingerprint density at radius 1 is 1.11 bits per heavy atom. The number of alkyl carbamates (subject to hydrolysis) is 1. The van der Waals surface area contributed by atoms with Gasteiger partial charge in [0.25, 0.3) is 0 Å². The van der Waals surface area contributed by atoms with Gasteiger partial charge in [-0.05, 0) is 82.1 Å². The van der Waals surface area contributed by atoms with Gasteiger partial charge in [-0.15, -0.1) is 0 Å². The van der Waals surface area contributed by atoms with Gasteiger partial charge in [0, 0.05) is 0 Å². The molecule has 2 N–H and O–H groups in total. The van der Waals surface area contributed by atoms with Gasteiger partial charge in [0.05, 0.1) is 17.6 Å². The number of carbonyl (C=O) groups is 2. The molecule has 1 aromatic rings. The van der Waals surface area contributed by atoms with E-state index in [4.69, 9.17) is 14.0 Å². The second-order valence-electron chi connectivity index (χ2n) is 13.5. The third kappa shape index (κ3) is 6.01. The lowest BCUT2D eigenvalue weighted by molar-refractivity contribution is -0.199. The molecule has 1 saturated heterocycles. The van der Waals surface area contributed by atoms with Gasteiger partial charge in [0.2, 0.25) is 5.91 Å². The Hall–Kier alpha value is -2.06. The molecule has 0 spiro atoms.